The van der Waals surface area contributed by atoms with E-state index in [1.165, 1.54) is 12.7 Å². The Bertz CT molecular complexity index is 1500. The summed E-state index contributed by atoms with van der Waals surface area (Å²) in [6.45, 7) is 2.89. The van der Waals surface area contributed by atoms with E-state index in [0.717, 1.165) is 31.8 Å². The molecule has 3 aromatic carbocycles. The van der Waals surface area contributed by atoms with Crippen LogP contribution in [0.15, 0.2) is 90.6 Å². The summed E-state index contributed by atoms with van der Waals surface area (Å²) in [7, 11) is 1.50. The number of carbonyl (C=O) groups is 3. The molecule has 0 spiro atoms. The fourth-order valence-electron chi connectivity index (χ4n) is 4.53. The highest BCUT2D eigenvalue weighted by atomic mass is 16.5. The number of anilines is 1. The van der Waals surface area contributed by atoms with E-state index in [-0.39, 0.29) is 18.7 Å². The number of imide groups is 2. The lowest BCUT2D eigenvalue weighted by Gasteiger charge is -2.33. The van der Waals surface area contributed by atoms with E-state index in [0.29, 0.717) is 12.2 Å². The number of amides is 4. The smallest absolute Gasteiger partial charge is 0.338 e. The number of methoxy groups -OCH3 is 1. The minimum atomic E-state index is -0.683. The first kappa shape index (κ1) is 24.2. The van der Waals surface area contributed by atoms with Gasteiger partial charge in [0.05, 0.1) is 18.8 Å². The molecule has 1 saturated heterocycles. The lowest BCUT2D eigenvalue weighted by atomic mass is 10.0. The van der Waals surface area contributed by atoms with Crippen molar-refractivity contribution < 1.29 is 19.1 Å². The summed E-state index contributed by atoms with van der Waals surface area (Å²) in [5, 5.41) is 0.911. The van der Waals surface area contributed by atoms with Crippen LogP contribution in [0.25, 0.3) is 17.0 Å². The van der Waals surface area contributed by atoms with Crippen LogP contribution >= 0.6 is 0 Å². The molecular formula is C30H27N3O4. The molecule has 37 heavy (non-hydrogen) atoms. The van der Waals surface area contributed by atoms with Gasteiger partial charge in [-0.15, -0.1) is 0 Å². The van der Waals surface area contributed by atoms with Crippen LogP contribution in [0.3, 0.4) is 0 Å². The maximum Gasteiger partial charge on any atom is 0.338 e. The van der Waals surface area contributed by atoms with Crippen molar-refractivity contribution in [3.8, 4) is 0 Å². The van der Waals surface area contributed by atoms with Crippen LogP contribution in [0, 0.1) is 6.92 Å². The van der Waals surface area contributed by atoms with Gasteiger partial charge < -0.3 is 9.30 Å². The van der Waals surface area contributed by atoms with E-state index < -0.39 is 17.8 Å². The summed E-state index contributed by atoms with van der Waals surface area (Å²) >= 11 is 0. The SMILES string of the molecule is COCCN1C(=O)/C(=C/c2cn(Cc3ccc(C)cc3)c3ccccc23)C(=O)N(c2ccccc2)C1=O. The van der Waals surface area contributed by atoms with E-state index >= 15 is 0 Å². The minimum absolute atomic E-state index is 0.0390. The van der Waals surface area contributed by atoms with Crippen molar-refractivity contribution in [3.05, 3.63) is 107 Å². The Morgan fingerprint density at radius 1 is 0.838 bits per heavy atom. The van der Waals surface area contributed by atoms with Crippen LogP contribution in [-0.2, 0) is 20.9 Å². The molecule has 0 aliphatic carbocycles. The fourth-order valence-corrected chi connectivity index (χ4v) is 4.53. The van der Waals surface area contributed by atoms with Gasteiger partial charge in [0.15, 0.2) is 0 Å². The fraction of sp³-hybridized carbons (Fsp3) is 0.167. The van der Waals surface area contributed by atoms with Gasteiger partial charge >= 0.3 is 6.03 Å². The second-order valence-corrected chi connectivity index (χ2v) is 8.98. The molecule has 1 aliphatic rings. The third-order valence-corrected chi connectivity index (χ3v) is 6.46. The topological polar surface area (TPSA) is 71.8 Å². The monoisotopic (exact) mass is 493 g/mol. The Balaban J connectivity index is 1.59. The van der Waals surface area contributed by atoms with Gasteiger partial charge in [0.1, 0.15) is 5.57 Å². The number of ether oxygens (including phenoxy) is 1. The van der Waals surface area contributed by atoms with Crippen molar-refractivity contribution >= 4 is 40.5 Å². The quantitative estimate of drug-likeness (QED) is 0.268. The van der Waals surface area contributed by atoms with Gasteiger partial charge in [-0.25, -0.2) is 9.69 Å². The summed E-state index contributed by atoms with van der Waals surface area (Å²) in [4.78, 5) is 42.3. The lowest BCUT2D eigenvalue weighted by molar-refractivity contribution is -0.129. The zero-order valence-corrected chi connectivity index (χ0v) is 20.8. The lowest BCUT2D eigenvalue weighted by Crippen LogP contribution is -2.57. The minimum Gasteiger partial charge on any atom is -0.383 e. The van der Waals surface area contributed by atoms with Gasteiger partial charge in [0, 0.05) is 36.3 Å². The van der Waals surface area contributed by atoms with E-state index in [4.69, 9.17) is 4.74 Å². The number of hydrogen-bond acceptors (Lipinski definition) is 4. The number of rotatable bonds is 7. The predicted molar refractivity (Wildman–Crippen MR) is 143 cm³/mol. The number of aromatic nitrogens is 1. The first-order chi connectivity index (χ1) is 18.0. The number of nitrogens with zero attached hydrogens (tertiary/aromatic N) is 3. The molecule has 0 bridgehead atoms. The molecule has 4 aromatic rings. The molecule has 0 N–H and O–H groups in total. The van der Waals surface area contributed by atoms with Gasteiger partial charge in [0.25, 0.3) is 11.8 Å². The molecule has 0 unspecified atom stereocenters. The number of aryl methyl sites for hydroxylation is 1. The first-order valence-electron chi connectivity index (χ1n) is 12.1. The van der Waals surface area contributed by atoms with Crippen molar-refractivity contribution in [1.29, 1.82) is 0 Å². The average molecular weight is 494 g/mol. The zero-order chi connectivity index (χ0) is 25.9. The number of para-hydroxylation sites is 2. The number of fused-ring (bicyclic) bond motifs is 1. The highest BCUT2D eigenvalue weighted by Gasteiger charge is 2.42. The first-order valence-corrected chi connectivity index (χ1v) is 12.1. The number of carbonyl (C=O) groups excluding carboxylic acids is 3. The Kier molecular flexibility index (Phi) is 6.70. The average Bonchev–Trinajstić information content (AvgIpc) is 3.25. The normalized spacial score (nSPS) is 15.3. The summed E-state index contributed by atoms with van der Waals surface area (Å²) in [5.41, 5.74) is 4.38. The molecule has 1 aliphatic heterocycles. The van der Waals surface area contributed by atoms with Crippen LogP contribution in [-0.4, -0.2) is 47.6 Å². The summed E-state index contributed by atoms with van der Waals surface area (Å²) in [5.74, 6) is -1.28. The van der Waals surface area contributed by atoms with Gasteiger partial charge in [-0.05, 0) is 36.8 Å². The largest absolute Gasteiger partial charge is 0.383 e. The Labute approximate surface area is 215 Å². The van der Waals surface area contributed by atoms with Crippen molar-refractivity contribution in [2.24, 2.45) is 0 Å². The standard InChI is InChI=1S/C30H27N3O4/c1-21-12-14-22(15-13-21)19-31-20-23(25-10-6-7-11-27(25)31)18-26-28(34)32(16-17-37-2)30(36)33(29(26)35)24-8-4-3-5-9-24/h3-15,18,20H,16-17,19H2,1-2H3/b26-18-. The van der Waals surface area contributed by atoms with Gasteiger partial charge in [-0.1, -0.05) is 66.2 Å². The van der Waals surface area contributed by atoms with E-state index in [2.05, 4.69) is 35.8 Å². The zero-order valence-electron chi connectivity index (χ0n) is 20.8. The second-order valence-electron chi connectivity index (χ2n) is 8.98. The predicted octanol–water partition coefficient (Wildman–Crippen LogP) is 5.02. The van der Waals surface area contributed by atoms with Crippen LogP contribution in [0.2, 0.25) is 0 Å². The highest BCUT2D eigenvalue weighted by molar-refractivity contribution is 6.39. The van der Waals surface area contributed by atoms with Crippen LogP contribution in [0.1, 0.15) is 16.7 Å². The molecule has 0 radical (unpaired) electrons. The highest BCUT2D eigenvalue weighted by Crippen LogP contribution is 2.29. The van der Waals surface area contributed by atoms with Crippen LogP contribution in [0.4, 0.5) is 10.5 Å². The number of benzene rings is 3. The molecule has 186 valence electrons. The van der Waals surface area contributed by atoms with E-state index in [9.17, 15) is 14.4 Å². The van der Waals surface area contributed by atoms with Crippen molar-refractivity contribution in [2.75, 3.05) is 25.2 Å². The third kappa shape index (κ3) is 4.69. The maximum atomic E-state index is 13.6. The number of hydrogen-bond donors (Lipinski definition) is 0. The molecule has 2 heterocycles. The number of barbiturate groups is 1. The summed E-state index contributed by atoms with van der Waals surface area (Å²) in [6, 6.07) is 24.2. The molecule has 1 aromatic heterocycles. The molecule has 7 nitrogen and oxygen atoms in total. The van der Waals surface area contributed by atoms with Crippen molar-refractivity contribution in [2.45, 2.75) is 13.5 Å². The molecule has 5 rings (SSSR count). The molecule has 7 heteroatoms. The molecule has 0 atom stereocenters. The Morgan fingerprint density at radius 3 is 2.27 bits per heavy atom. The van der Waals surface area contributed by atoms with Gasteiger partial charge in [-0.2, -0.15) is 0 Å². The third-order valence-electron chi connectivity index (χ3n) is 6.46. The number of urea groups is 1. The second kappa shape index (κ2) is 10.2. The summed E-state index contributed by atoms with van der Waals surface area (Å²) < 4.78 is 7.22. The Hall–Kier alpha value is -4.49. The van der Waals surface area contributed by atoms with Crippen LogP contribution < -0.4 is 4.90 Å². The van der Waals surface area contributed by atoms with Gasteiger partial charge in [-0.3, -0.25) is 14.5 Å². The van der Waals surface area contributed by atoms with E-state index in [1.807, 2.05) is 30.5 Å². The molecular weight excluding hydrogens is 466 g/mol. The molecule has 0 saturated carbocycles. The van der Waals surface area contributed by atoms with Crippen LogP contribution in [0.5, 0.6) is 0 Å². The Morgan fingerprint density at radius 2 is 1.54 bits per heavy atom. The van der Waals surface area contributed by atoms with Gasteiger partial charge in [0.2, 0.25) is 0 Å². The van der Waals surface area contributed by atoms with E-state index in [1.54, 1.807) is 36.4 Å². The van der Waals surface area contributed by atoms with Crippen molar-refractivity contribution in [3.63, 3.8) is 0 Å². The summed E-state index contributed by atoms with van der Waals surface area (Å²) in [6.07, 6.45) is 3.54. The molecule has 4 amide bonds. The maximum absolute atomic E-state index is 13.6. The molecule has 1 fully saturated rings. The van der Waals surface area contributed by atoms with Crippen molar-refractivity contribution in [1.82, 2.24) is 9.47 Å².